The highest BCUT2D eigenvalue weighted by Gasteiger charge is 2.35. The maximum absolute atomic E-state index is 12.7. The Bertz CT molecular complexity index is 757. The van der Waals surface area contributed by atoms with Crippen LogP contribution < -0.4 is 14.2 Å². The third-order valence-corrected chi connectivity index (χ3v) is 5.00. The van der Waals surface area contributed by atoms with Crippen LogP contribution >= 0.6 is 0 Å². The third-order valence-electron chi connectivity index (χ3n) is 5.00. The fourth-order valence-electron chi connectivity index (χ4n) is 3.58. The molecule has 0 aromatic heterocycles. The molecule has 0 spiro atoms. The van der Waals surface area contributed by atoms with Gasteiger partial charge in [0.2, 0.25) is 5.75 Å². The van der Waals surface area contributed by atoms with Crippen LogP contribution in [0.15, 0.2) is 12.1 Å². The maximum Gasteiger partial charge on any atom is 0.342 e. The second kappa shape index (κ2) is 10.0. The van der Waals surface area contributed by atoms with Gasteiger partial charge in [-0.2, -0.15) is 0 Å². The van der Waals surface area contributed by atoms with Crippen LogP contribution in [0.4, 0.5) is 0 Å². The van der Waals surface area contributed by atoms with E-state index >= 15 is 0 Å². The number of esters is 2. The molecule has 1 fully saturated rings. The molecular weight excluding hydrogens is 390 g/mol. The zero-order valence-electron chi connectivity index (χ0n) is 18.9. The highest BCUT2D eigenvalue weighted by atomic mass is 16.6. The first-order valence-corrected chi connectivity index (χ1v) is 10.1. The number of ether oxygens (including phenoxy) is 5. The van der Waals surface area contributed by atoms with Gasteiger partial charge >= 0.3 is 11.9 Å². The Morgan fingerprint density at radius 1 is 1.10 bits per heavy atom. The quantitative estimate of drug-likeness (QED) is 0.590. The second-order valence-corrected chi connectivity index (χ2v) is 8.22. The minimum absolute atomic E-state index is 0.0531. The van der Waals surface area contributed by atoms with Crippen molar-refractivity contribution in [1.29, 1.82) is 0 Å². The first-order chi connectivity index (χ1) is 14.1. The highest BCUT2D eigenvalue weighted by Crippen LogP contribution is 2.40. The molecule has 1 aromatic carbocycles. The SMILES string of the molecule is COc1ccc(C(=O)OCC2CCCN2C(C)C(=O)OC(C)(C)C)c(OC)c1OC. The van der Waals surface area contributed by atoms with Gasteiger partial charge in [0.05, 0.1) is 21.3 Å². The molecule has 2 atom stereocenters. The van der Waals surface area contributed by atoms with Crippen molar-refractivity contribution in [3.8, 4) is 17.2 Å². The molecule has 2 unspecified atom stereocenters. The van der Waals surface area contributed by atoms with Crippen LogP contribution in [-0.4, -0.2) is 69.0 Å². The van der Waals surface area contributed by atoms with Gasteiger partial charge in [-0.1, -0.05) is 0 Å². The summed E-state index contributed by atoms with van der Waals surface area (Å²) in [5.41, 5.74) is -0.295. The zero-order valence-corrected chi connectivity index (χ0v) is 18.9. The molecule has 2 rings (SSSR count). The number of hydrogen-bond donors (Lipinski definition) is 0. The van der Waals surface area contributed by atoms with Gasteiger partial charge in [0, 0.05) is 6.04 Å². The number of methoxy groups -OCH3 is 3. The lowest BCUT2D eigenvalue weighted by molar-refractivity contribution is -0.161. The summed E-state index contributed by atoms with van der Waals surface area (Å²) in [5.74, 6) is 0.244. The van der Waals surface area contributed by atoms with E-state index in [0.717, 1.165) is 19.4 Å². The summed E-state index contributed by atoms with van der Waals surface area (Å²) in [5, 5.41) is 0. The predicted molar refractivity (Wildman–Crippen MR) is 111 cm³/mol. The Morgan fingerprint density at radius 3 is 2.33 bits per heavy atom. The lowest BCUT2D eigenvalue weighted by Crippen LogP contribution is -2.46. The van der Waals surface area contributed by atoms with Crippen LogP contribution in [0.25, 0.3) is 0 Å². The Kier molecular flexibility index (Phi) is 7.95. The molecule has 1 aliphatic rings. The minimum atomic E-state index is -0.545. The van der Waals surface area contributed by atoms with E-state index in [-0.39, 0.29) is 29.9 Å². The van der Waals surface area contributed by atoms with Gasteiger partial charge in [-0.3, -0.25) is 9.69 Å². The van der Waals surface area contributed by atoms with Gasteiger partial charge < -0.3 is 23.7 Å². The molecular formula is C22H33NO7. The summed E-state index contributed by atoms with van der Waals surface area (Å²) < 4.78 is 27.0. The van der Waals surface area contributed by atoms with Crippen LogP contribution in [0.1, 0.15) is 50.9 Å². The molecule has 1 heterocycles. The number of likely N-dealkylation sites (tertiary alicyclic amines) is 1. The van der Waals surface area contributed by atoms with Gasteiger partial charge in [0.25, 0.3) is 0 Å². The number of benzene rings is 1. The summed E-state index contributed by atoms with van der Waals surface area (Å²) in [7, 11) is 4.44. The van der Waals surface area contributed by atoms with E-state index in [2.05, 4.69) is 0 Å². The fraction of sp³-hybridized carbons (Fsp3) is 0.636. The molecule has 1 aliphatic heterocycles. The molecule has 0 radical (unpaired) electrons. The topological polar surface area (TPSA) is 83.5 Å². The first-order valence-electron chi connectivity index (χ1n) is 10.1. The Morgan fingerprint density at radius 2 is 1.77 bits per heavy atom. The highest BCUT2D eigenvalue weighted by molar-refractivity contribution is 5.94. The molecule has 0 amide bonds. The van der Waals surface area contributed by atoms with Crippen molar-refractivity contribution in [2.45, 2.75) is 58.2 Å². The molecule has 8 heteroatoms. The maximum atomic E-state index is 12.7. The van der Waals surface area contributed by atoms with Gasteiger partial charge in [0.1, 0.15) is 23.8 Å². The van der Waals surface area contributed by atoms with Crippen molar-refractivity contribution >= 4 is 11.9 Å². The van der Waals surface area contributed by atoms with Crippen LogP contribution in [0.2, 0.25) is 0 Å². The molecule has 8 nitrogen and oxygen atoms in total. The Hall–Kier alpha value is -2.48. The van der Waals surface area contributed by atoms with Gasteiger partial charge in [-0.25, -0.2) is 4.79 Å². The van der Waals surface area contributed by atoms with Crippen LogP contribution in [0.3, 0.4) is 0 Å². The molecule has 30 heavy (non-hydrogen) atoms. The molecule has 0 aliphatic carbocycles. The lowest BCUT2D eigenvalue weighted by Gasteiger charge is -2.31. The lowest BCUT2D eigenvalue weighted by atomic mass is 10.1. The van der Waals surface area contributed by atoms with Crippen molar-refractivity contribution in [1.82, 2.24) is 4.90 Å². The molecule has 1 saturated heterocycles. The van der Waals surface area contributed by atoms with Crippen molar-refractivity contribution < 1.29 is 33.3 Å². The number of carbonyl (C=O) groups is 2. The fourth-order valence-corrected chi connectivity index (χ4v) is 3.58. The van der Waals surface area contributed by atoms with Gasteiger partial charge in [-0.05, 0) is 59.2 Å². The van der Waals surface area contributed by atoms with E-state index in [4.69, 9.17) is 23.7 Å². The van der Waals surface area contributed by atoms with Crippen molar-refractivity contribution in [2.24, 2.45) is 0 Å². The predicted octanol–water partition coefficient (Wildman–Crippen LogP) is 3.06. The molecule has 0 N–H and O–H groups in total. The standard InChI is InChI=1S/C22H33NO7/c1-14(20(24)30-22(2,3)4)23-12-8-9-15(23)13-29-21(25)16-10-11-17(26-5)19(28-7)18(16)27-6/h10-11,14-15H,8-9,12-13H2,1-7H3. The minimum Gasteiger partial charge on any atom is -0.493 e. The molecule has 0 bridgehead atoms. The van der Waals surface area contributed by atoms with Gasteiger partial charge in [0.15, 0.2) is 11.5 Å². The second-order valence-electron chi connectivity index (χ2n) is 8.22. The summed E-state index contributed by atoms with van der Waals surface area (Å²) in [6, 6.07) is 2.75. The van der Waals surface area contributed by atoms with E-state index in [1.165, 1.54) is 21.3 Å². The van der Waals surface area contributed by atoms with Crippen LogP contribution in [0, 0.1) is 0 Å². The number of carbonyl (C=O) groups excluding carboxylic acids is 2. The van der Waals surface area contributed by atoms with Crippen molar-refractivity contribution in [2.75, 3.05) is 34.5 Å². The van der Waals surface area contributed by atoms with Crippen LogP contribution in [-0.2, 0) is 14.3 Å². The van der Waals surface area contributed by atoms with E-state index in [1.54, 1.807) is 12.1 Å². The van der Waals surface area contributed by atoms with Crippen molar-refractivity contribution in [3.05, 3.63) is 17.7 Å². The Labute approximate surface area is 178 Å². The summed E-state index contributed by atoms with van der Waals surface area (Å²) in [6.07, 6.45) is 1.76. The summed E-state index contributed by atoms with van der Waals surface area (Å²) in [4.78, 5) is 27.2. The number of hydrogen-bond acceptors (Lipinski definition) is 8. The van der Waals surface area contributed by atoms with Crippen LogP contribution in [0.5, 0.6) is 17.2 Å². The largest absolute Gasteiger partial charge is 0.493 e. The first kappa shape index (κ1) is 23.8. The number of rotatable bonds is 8. The monoisotopic (exact) mass is 423 g/mol. The van der Waals surface area contributed by atoms with Gasteiger partial charge in [-0.15, -0.1) is 0 Å². The smallest absolute Gasteiger partial charge is 0.342 e. The zero-order chi connectivity index (χ0) is 22.5. The van der Waals surface area contributed by atoms with E-state index in [0.29, 0.717) is 11.5 Å². The van der Waals surface area contributed by atoms with E-state index in [1.807, 2.05) is 32.6 Å². The summed E-state index contributed by atoms with van der Waals surface area (Å²) in [6.45, 7) is 8.28. The van der Waals surface area contributed by atoms with E-state index in [9.17, 15) is 9.59 Å². The number of nitrogens with zero attached hydrogens (tertiary/aromatic N) is 1. The molecule has 1 aromatic rings. The molecule has 0 saturated carbocycles. The molecule has 168 valence electrons. The average Bonchev–Trinajstić information content (AvgIpc) is 3.17. The average molecular weight is 424 g/mol. The Balaban J connectivity index is 2.07. The third kappa shape index (κ3) is 5.56. The van der Waals surface area contributed by atoms with Crippen molar-refractivity contribution in [3.63, 3.8) is 0 Å². The van der Waals surface area contributed by atoms with E-state index < -0.39 is 17.6 Å². The normalized spacial score (nSPS) is 17.9. The summed E-state index contributed by atoms with van der Waals surface area (Å²) >= 11 is 0.